The number of hydrogen-bond donors (Lipinski definition) is 1. The first kappa shape index (κ1) is 15.4. The molecule has 1 rings (SSSR count). The second-order valence-electron chi connectivity index (χ2n) is 3.78. The highest BCUT2D eigenvalue weighted by Crippen LogP contribution is 2.24. The van der Waals surface area contributed by atoms with Gasteiger partial charge in [0.15, 0.2) is 9.84 Å². The third-order valence-electron chi connectivity index (χ3n) is 2.35. The Morgan fingerprint density at radius 1 is 1.11 bits per heavy atom. The van der Waals surface area contributed by atoms with Gasteiger partial charge in [0.25, 0.3) is 0 Å². The minimum absolute atomic E-state index is 0.0870. The average Bonchev–Trinajstić information content (AvgIpc) is 2.26. The van der Waals surface area contributed by atoms with Gasteiger partial charge in [-0.15, -0.1) is 11.6 Å². The highest BCUT2D eigenvalue weighted by Gasteiger charge is 2.30. The average molecular weight is 312 g/mol. The molecular formula is C10H14ClNO4S2. The second-order valence-corrected chi connectivity index (χ2v) is 8.12. The van der Waals surface area contributed by atoms with Crippen LogP contribution in [0.15, 0.2) is 30.3 Å². The van der Waals surface area contributed by atoms with Crippen molar-refractivity contribution in [2.45, 2.75) is 5.25 Å². The number of alkyl halides is 1. The number of nitrogens with two attached hydrogens (primary N) is 1. The summed E-state index contributed by atoms with van der Waals surface area (Å²) in [6.45, 7) is 0. The zero-order valence-electron chi connectivity index (χ0n) is 9.49. The molecule has 1 aromatic rings. The number of primary sulfonamides is 1. The van der Waals surface area contributed by atoms with Crippen LogP contribution in [0.3, 0.4) is 0 Å². The van der Waals surface area contributed by atoms with Crippen LogP contribution < -0.4 is 5.14 Å². The molecule has 1 atom stereocenters. The van der Waals surface area contributed by atoms with Crippen LogP contribution in [0.2, 0.25) is 0 Å². The van der Waals surface area contributed by atoms with Crippen LogP contribution in [0.5, 0.6) is 0 Å². The summed E-state index contributed by atoms with van der Waals surface area (Å²) in [5.41, 5.74) is 0.400. The molecule has 0 bridgehead atoms. The van der Waals surface area contributed by atoms with E-state index in [0.29, 0.717) is 5.56 Å². The minimum Gasteiger partial charge on any atom is -0.229 e. The lowest BCUT2D eigenvalue weighted by Gasteiger charge is -2.16. The summed E-state index contributed by atoms with van der Waals surface area (Å²) in [5, 5.41) is 3.77. The Morgan fingerprint density at radius 3 is 2.11 bits per heavy atom. The Bertz CT molecular complexity index is 584. The van der Waals surface area contributed by atoms with Gasteiger partial charge in [-0.3, -0.25) is 0 Å². The molecule has 102 valence electrons. The van der Waals surface area contributed by atoms with Gasteiger partial charge in [-0.05, 0) is 5.56 Å². The number of sulfonamides is 1. The van der Waals surface area contributed by atoms with E-state index in [2.05, 4.69) is 0 Å². The summed E-state index contributed by atoms with van der Waals surface area (Å²) < 4.78 is 46.3. The quantitative estimate of drug-likeness (QED) is 0.781. The molecule has 0 spiro atoms. The monoisotopic (exact) mass is 311 g/mol. The first-order valence-corrected chi connectivity index (χ1v) is 9.06. The molecule has 0 aliphatic carbocycles. The lowest BCUT2D eigenvalue weighted by atomic mass is 10.2. The summed E-state index contributed by atoms with van der Waals surface area (Å²) in [7, 11) is -7.54. The van der Waals surface area contributed by atoms with Crippen molar-refractivity contribution in [3.63, 3.8) is 0 Å². The maximum atomic E-state index is 12.0. The van der Waals surface area contributed by atoms with Gasteiger partial charge in [0.1, 0.15) is 5.25 Å². The Hall–Kier alpha value is -0.630. The lowest BCUT2D eigenvalue weighted by Crippen LogP contribution is -2.28. The van der Waals surface area contributed by atoms with Gasteiger partial charge < -0.3 is 0 Å². The second kappa shape index (κ2) is 6.01. The van der Waals surface area contributed by atoms with Crippen molar-refractivity contribution in [3.05, 3.63) is 35.9 Å². The predicted octanol–water partition coefficient (Wildman–Crippen LogP) is 0.670. The topological polar surface area (TPSA) is 94.3 Å². The van der Waals surface area contributed by atoms with Crippen LogP contribution in [0.25, 0.3) is 0 Å². The van der Waals surface area contributed by atoms with Crippen LogP contribution in [-0.4, -0.2) is 34.2 Å². The Labute approximate surface area is 112 Å². The molecule has 0 aromatic heterocycles. The summed E-state index contributed by atoms with van der Waals surface area (Å²) in [6.07, 6.45) is 0. The Morgan fingerprint density at radius 2 is 1.67 bits per heavy atom. The van der Waals surface area contributed by atoms with E-state index in [9.17, 15) is 16.8 Å². The molecule has 0 radical (unpaired) electrons. The molecule has 8 heteroatoms. The van der Waals surface area contributed by atoms with Gasteiger partial charge in [0, 0.05) is 5.88 Å². The van der Waals surface area contributed by atoms with Crippen molar-refractivity contribution in [1.82, 2.24) is 0 Å². The predicted molar refractivity (Wildman–Crippen MR) is 71.7 cm³/mol. The molecule has 18 heavy (non-hydrogen) atoms. The third kappa shape index (κ3) is 4.56. The molecular weight excluding hydrogens is 298 g/mol. The first-order chi connectivity index (χ1) is 8.26. The van der Waals surface area contributed by atoms with Crippen molar-refractivity contribution in [2.75, 3.05) is 17.4 Å². The van der Waals surface area contributed by atoms with Gasteiger partial charge in [0.2, 0.25) is 10.0 Å². The highest BCUT2D eigenvalue weighted by atomic mass is 35.5. The van der Waals surface area contributed by atoms with E-state index < -0.39 is 30.9 Å². The van der Waals surface area contributed by atoms with Gasteiger partial charge >= 0.3 is 0 Å². The fourth-order valence-corrected chi connectivity index (χ4v) is 5.27. The molecule has 0 amide bonds. The SMILES string of the molecule is NS(=O)(=O)CC(c1ccccc1)S(=O)(=O)CCCl. The lowest BCUT2D eigenvalue weighted by molar-refractivity contribution is 0.577. The van der Waals surface area contributed by atoms with Crippen molar-refractivity contribution >= 4 is 31.5 Å². The van der Waals surface area contributed by atoms with E-state index >= 15 is 0 Å². The number of halogens is 1. The molecule has 2 N–H and O–H groups in total. The molecule has 0 aliphatic rings. The smallest absolute Gasteiger partial charge is 0.210 e. The number of rotatable bonds is 6. The third-order valence-corrected chi connectivity index (χ3v) is 5.85. The first-order valence-electron chi connectivity index (χ1n) is 5.09. The standard InChI is InChI=1S/C10H14ClNO4S2/c11-6-7-17(13,14)10(8-18(12,15)16)9-4-2-1-3-5-9/h1-5,10H,6-8H2,(H2,12,15,16). The van der Waals surface area contributed by atoms with Crippen LogP contribution in [-0.2, 0) is 19.9 Å². The normalized spacial score (nSPS) is 14.3. The van der Waals surface area contributed by atoms with Gasteiger partial charge in [-0.25, -0.2) is 22.0 Å². The molecule has 1 unspecified atom stereocenters. The molecule has 0 saturated heterocycles. The molecule has 0 fully saturated rings. The zero-order valence-corrected chi connectivity index (χ0v) is 11.9. The largest absolute Gasteiger partial charge is 0.229 e. The number of hydrogen-bond acceptors (Lipinski definition) is 4. The Kier molecular flexibility index (Phi) is 5.15. The maximum Gasteiger partial charge on any atom is 0.210 e. The van der Waals surface area contributed by atoms with Gasteiger partial charge in [-0.1, -0.05) is 30.3 Å². The van der Waals surface area contributed by atoms with E-state index in [0.717, 1.165) is 0 Å². The molecule has 0 heterocycles. The van der Waals surface area contributed by atoms with Crippen LogP contribution >= 0.6 is 11.6 Å². The maximum absolute atomic E-state index is 12.0. The summed E-state index contributed by atoms with van der Waals surface area (Å²) >= 11 is 5.43. The van der Waals surface area contributed by atoms with Crippen molar-refractivity contribution < 1.29 is 16.8 Å². The number of benzene rings is 1. The molecule has 1 aromatic carbocycles. The number of sulfone groups is 1. The minimum atomic E-state index is -3.90. The highest BCUT2D eigenvalue weighted by molar-refractivity contribution is 7.94. The van der Waals surface area contributed by atoms with Gasteiger partial charge in [-0.2, -0.15) is 0 Å². The summed E-state index contributed by atoms with van der Waals surface area (Å²) in [5.74, 6) is -1.02. The Balaban J connectivity index is 3.20. The zero-order chi connectivity index (χ0) is 13.8. The molecule has 0 saturated carbocycles. The van der Waals surface area contributed by atoms with Crippen molar-refractivity contribution in [3.8, 4) is 0 Å². The summed E-state index contributed by atoms with van der Waals surface area (Å²) in [6, 6.07) is 8.11. The van der Waals surface area contributed by atoms with E-state index in [-0.39, 0.29) is 11.6 Å². The fraction of sp³-hybridized carbons (Fsp3) is 0.400. The van der Waals surface area contributed by atoms with E-state index in [1.807, 2.05) is 0 Å². The van der Waals surface area contributed by atoms with E-state index in [4.69, 9.17) is 16.7 Å². The van der Waals surface area contributed by atoms with Crippen LogP contribution in [0, 0.1) is 0 Å². The van der Waals surface area contributed by atoms with Crippen molar-refractivity contribution in [2.24, 2.45) is 5.14 Å². The van der Waals surface area contributed by atoms with E-state index in [1.165, 1.54) is 0 Å². The van der Waals surface area contributed by atoms with Gasteiger partial charge in [0.05, 0.1) is 11.5 Å². The van der Waals surface area contributed by atoms with Crippen LogP contribution in [0.1, 0.15) is 10.8 Å². The van der Waals surface area contributed by atoms with E-state index in [1.54, 1.807) is 30.3 Å². The summed E-state index contributed by atoms with van der Waals surface area (Å²) in [4.78, 5) is 0. The van der Waals surface area contributed by atoms with Crippen molar-refractivity contribution in [1.29, 1.82) is 0 Å². The molecule has 0 aliphatic heterocycles. The molecule has 5 nitrogen and oxygen atoms in total. The fourth-order valence-electron chi connectivity index (χ4n) is 1.54. The van der Waals surface area contributed by atoms with Crippen LogP contribution in [0.4, 0.5) is 0 Å².